The predicted octanol–water partition coefficient (Wildman–Crippen LogP) is 4.20. The second-order valence-electron chi connectivity index (χ2n) is 7.43. The number of pyridine rings is 1. The summed E-state index contributed by atoms with van der Waals surface area (Å²) in [6.45, 7) is 0.148. The van der Waals surface area contributed by atoms with Gasteiger partial charge in [-0.1, -0.05) is 35.9 Å². The monoisotopic (exact) mass is 438 g/mol. The predicted molar refractivity (Wildman–Crippen MR) is 119 cm³/mol. The van der Waals surface area contributed by atoms with Gasteiger partial charge in [0.25, 0.3) is 0 Å². The van der Waals surface area contributed by atoms with Gasteiger partial charge in [0.05, 0.1) is 25.4 Å². The van der Waals surface area contributed by atoms with E-state index in [1.54, 1.807) is 13.3 Å². The van der Waals surface area contributed by atoms with Crippen molar-refractivity contribution >= 4 is 28.5 Å². The number of rotatable bonds is 6. The van der Waals surface area contributed by atoms with E-state index in [9.17, 15) is 4.39 Å². The molecule has 0 radical (unpaired) electrons. The average Bonchev–Trinajstić information content (AvgIpc) is 3.38. The lowest BCUT2D eigenvalue weighted by Crippen LogP contribution is -2.35. The number of halogens is 2. The van der Waals surface area contributed by atoms with Crippen molar-refractivity contribution in [3.63, 3.8) is 0 Å². The fourth-order valence-electron chi connectivity index (χ4n) is 3.80. The number of aromatic amines is 1. The summed E-state index contributed by atoms with van der Waals surface area (Å²) in [5, 5.41) is 4.62. The van der Waals surface area contributed by atoms with E-state index in [0.717, 1.165) is 16.6 Å². The molecule has 1 aromatic carbocycles. The molecule has 1 aliphatic carbocycles. The molecule has 3 aromatic rings. The number of allylic oxidation sites excluding steroid dienone is 2. The van der Waals surface area contributed by atoms with E-state index in [1.165, 1.54) is 12.1 Å². The summed E-state index contributed by atoms with van der Waals surface area (Å²) < 4.78 is 25.7. The first kappa shape index (κ1) is 19.6. The molecule has 0 saturated carbocycles. The molecule has 1 aliphatic heterocycles. The van der Waals surface area contributed by atoms with Crippen LogP contribution in [0.5, 0.6) is 11.5 Å². The number of aromatic nitrogens is 2. The summed E-state index contributed by atoms with van der Waals surface area (Å²) in [7, 11) is 1.59. The number of aliphatic imine (C=N–C) groups is 1. The van der Waals surface area contributed by atoms with Gasteiger partial charge in [0.15, 0.2) is 11.6 Å². The fraction of sp³-hybridized carbons (Fsp3) is 0.217. The number of benzene rings is 1. The molecule has 0 amide bonds. The van der Waals surface area contributed by atoms with E-state index in [4.69, 9.17) is 21.1 Å². The van der Waals surface area contributed by atoms with Gasteiger partial charge >= 0.3 is 0 Å². The van der Waals surface area contributed by atoms with Crippen LogP contribution in [0.4, 0.5) is 4.39 Å². The van der Waals surface area contributed by atoms with E-state index < -0.39 is 5.82 Å². The van der Waals surface area contributed by atoms with Crippen LogP contribution in [0.2, 0.25) is 5.02 Å². The number of hydrogen-bond donors (Lipinski definition) is 2. The maximum atomic E-state index is 14.8. The Balaban J connectivity index is 1.32. The highest BCUT2D eigenvalue weighted by molar-refractivity contribution is 6.31. The van der Waals surface area contributed by atoms with E-state index in [2.05, 4.69) is 20.3 Å². The molecule has 0 spiro atoms. The van der Waals surface area contributed by atoms with E-state index in [0.29, 0.717) is 28.6 Å². The first-order valence-electron chi connectivity index (χ1n) is 9.89. The van der Waals surface area contributed by atoms with Gasteiger partial charge < -0.3 is 19.8 Å². The van der Waals surface area contributed by atoms with Crippen LogP contribution in [-0.2, 0) is 6.42 Å². The molecule has 8 heteroatoms. The lowest BCUT2D eigenvalue weighted by molar-refractivity contribution is 0.350. The zero-order valence-corrected chi connectivity index (χ0v) is 17.5. The fourth-order valence-corrected chi connectivity index (χ4v) is 4.02. The highest BCUT2D eigenvalue weighted by atomic mass is 35.5. The van der Waals surface area contributed by atoms with Gasteiger partial charge in [-0.2, -0.15) is 0 Å². The van der Waals surface area contributed by atoms with Crippen molar-refractivity contribution in [1.82, 2.24) is 15.3 Å². The van der Waals surface area contributed by atoms with Crippen LogP contribution in [0.15, 0.2) is 59.9 Å². The number of nitrogens with one attached hydrogen (secondary N) is 2. The smallest absolute Gasteiger partial charge is 0.165 e. The van der Waals surface area contributed by atoms with Crippen LogP contribution in [-0.4, -0.2) is 41.6 Å². The number of methoxy groups -OCH3 is 1. The molecule has 6 nitrogen and oxygen atoms in total. The molecule has 0 saturated heterocycles. The van der Waals surface area contributed by atoms with Crippen molar-refractivity contribution < 1.29 is 13.9 Å². The molecular formula is C23H20ClFN4O2. The van der Waals surface area contributed by atoms with Crippen molar-refractivity contribution in [1.29, 1.82) is 0 Å². The van der Waals surface area contributed by atoms with Crippen molar-refractivity contribution in [3.05, 3.63) is 76.9 Å². The molecule has 0 fully saturated rings. The molecule has 158 valence electrons. The summed E-state index contributed by atoms with van der Waals surface area (Å²) in [4.78, 5) is 12.0. The second-order valence-corrected chi connectivity index (χ2v) is 7.84. The van der Waals surface area contributed by atoms with Crippen molar-refractivity contribution in [2.24, 2.45) is 4.99 Å². The Labute approximate surface area is 183 Å². The van der Waals surface area contributed by atoms with Crippen LogP contribution < -0.4 is 14.8 Å². The van der Waals surface area contributed by atoms with E-state index in [-0.39, 0.29) is 24.4 Å². The highest BCUT2D eigenvalue weighted by Gasteiger charge is 2.26. The molecule has 2 unspecified atom stereocenters. The van der Waals surface area contributed by atoms with E-state index in [1.807, 2.05) is 36.6 Å². The Kier molecular flexibility index (Phi) is 5.11. The van der Waals surface area contributed by atoms with Gasteiger partial charge in [0.1, 0.15) is 23.8 Å². The van der Waals surface area contributed by atoms with Crippen molar-refractivity contribution in [2.75, 3.05) is 13.7 Å². The summed E-state index contributed by atoms with van der Waals surface area (Å²) in [6.07, 6.45) is 11.9. The van der Waals surface area contributed by atoms with Gasteiger partial charge in [-0.25, -0.2) is 9.37 Å². The van der Waals surface area contributed by atoms with Crippen LogP contribution in [0.3, 0.4) is 0 Å². The molecular weight excluding hydrogens is 419 g/mol. The summed E-state index contributed by atoms with van der Waals surface area (Å²) >= 11 is 6.46. The Hall–Kier alpha value is -3.32. The Morgan fingerprint density at radius 2 is 2.03 bits per heavy atom. The lowest BCUT2D eigenvalue weighted by atomic mass is 10.0. The molecule has 31 heavy (non-hydrogen) atoms. The number of nitrogens with zero attached hydrogens (tertiary/aromatic N) is 2. The molecule has 5 rings (SSSR count). The quantitative estimate of drug-likeness (QED) is 0.605. The molecule has 0 bridgehead atoms. The molecule has 2 aromatic heterocycles. The Bertz CT molecular complexity index is 1230. The standard InChI is InChI=1S/C23H20ClFN4O2/c1-30-15-8-16-14(10-26-23(16)27-11-15)6-13-7-18(25)21(9-17(13)24)31-12-22-28-19-4-2-3-5-20(19)29-22/h2-5,7-11,19-20H,6,12H2,1H3,(H,26,27)(H,28,29). The minimum Gasteiger partial charge on any atom is -0.495 e. The van der Waals surface area contributed by atoms with Crippen LogP contribution >= 0.6 is 11.6 Å². The normalized spacial score (nSPS) is 19.3. The zero-order chi connectivity index (χ0) is 21.4. The first-order chi connectivity index (χ1) is 15.1. The third kappa shape index (κ3) is 3.88. The Morgan fingerprint density at radius 3 is 2.87 bits per heavy atom. The third-order valence-corrected chi connectivity index (χ3v) is 5.77. The van der Waals surface area contributed by atoms with Gasteiger partial charge in [-0.3, -0.25) is 4.99 Å². The number of H-pyrrole nitrogens is 1. The largest absolute Gasteiger partial charge is 0.495 e. The second kappa shape index (κ2) is 8.07. The van der Waals surface area contributed by atoms with Crippen LogP contribution in [0.25, 0.3) is 11.0 Å². The number of ether oxygens (including phenoxy) is 2. The van der Waals surface area contributed by atoms with Gasteiger partial charge in [-0.15, -0.1) is 0 Å². The van der Waals surface area contributed by atoms with Crippen molar-refractivity contribution in [2.45, 2.75) is 18.5 Å². The topological polar surface area (TPSA) is 71.5 Å². The first-order valence-corrected chi connectivity index (χ1v) is 10.3. The number of amidine groups is 1. The van der Waals surface area contributed by atoms with Crippen LogP contribution in [0.1, 0.15) is 11.1 Å². The summed E-state index contributed by atoms with van der Waals surface area (Å²) in [5.74, 6) is 0.974. The van der Waals surface area contributed by atoms with Gasteiger partial charge in [-0.05, 0) is 23.3 Å². The number of hydrogen-bond acceptors (Lipinski definition) is 5. The summed E-state index contributed by atoms with van der Waals surface area (Å²) in [6, 6.07) is 5.02. The Morgan fingerprint density at radius 1 is 1.16 bits per heavy atom. The third-order valence-electron chi connectivity index (χ3n) is 5.42. The molecule has 2 aliphatic rings. The maximum absolute atomic E-state index is 14.8. The highest BCUT2D eigenvalue weighted by Crippen LogP contribution is 2.30. The molecule has 3 heterocycles. The minimum absolute atomic E-state index is 0.0590. The van der Waals surface area contributed by atoms with Gasteiger partial charge in [0.2, 0.25) is 0 Å². The lowest BCUT2D eigenvalue weighted by Gasteiger charge is -2.14. The zero-order valence-electron chi connectivity index (χ0n) is 16.7. The SMILES string of the molecule is COc1cnc2[nH]cc(Cc3cc(F)c(OCC4=NC5C=CC=CC5N4)cc3Cl)c2c1. The van der Waals surface area contributed by atoms with E-state index >= 15 is 0 Å². The summed E-state index contributed by atoms with van der Waals surface area (Å²) in [5.41, 5.74) is 2.35. The minimum atomic E-state index is -0.467. The number of fused-ring (bicyclic) bond motifs is 2. The molecule has 2 N–H and O–H groups in total. The average molecular weight is 439 g/mol. The van der Waals surface area contributed by atoms with Crippen molar-refractivity contribution in [3.8, 4) is 11.5 Å². The van der Waals surface area contributed by atoms with Crippen LogP contribution in [0, 0.1) is 5.82 Å². The maximum Gasteiger partial charge on any atom is 0.165 e. The van der Waals surface area contributed by atoms with Gasteiger partial charge in [0, 0.05) is 29.1 Å². The molecule has 2 atom stereocenters.